The second kappa shape index (κ2) is 22.3. The van der Waals surface area contributed by atoms with Crippen molar-refractivity contribution in [2.24, 2.45) is 0 Å². The van der Waals surface area contributed by atoms with Gasteiger partial charge in [0.15, 0.2) is 12.2 Å². The lowest BCUT2D eigenvalue weighted by Crippen LogP contribution is -2.68. The molecule has 0 bridgehead atoms. The van der Waals surface area contributed by atoms with Gasteiger partial charge >= 0.3 is 32.5 Å². The van der Waals surface area contributed by atoms with E-state index in [-0.39, 0.29) is 13.2 Å². The molecule has 1 N–H and O–H groups in total. The summed E-state index contributed by atoms with van der Waals surface area (Å²) >= 11 is 0.701. The fourth-order valence-electron chi connectivity index (χ4n) is 5.78. The fraction of sp³-hybridized carbons (Fsp3) is 0.400. The number of carbonyl (C=O) groups is 6. The third-order valence-corrected chi connectivity index (χ3v) is 10.3. The van der Waals surface area contributed by atoms with Crippen LogP contribution in [0.1, 0.15) is 52.2 Å². The molecule has 58 heavy (non-hydrogen) atoms. The minimum Gasteiger partial charge on any atom is -0.497 e. The Labute approximate surface area is 341 Å². The van der Waals surface area contributed by atoms with Crippen molar-refractivity contribution in [3.8, 4) is 5.75 Å². The predicted octanol–water partition coefficient (Wildman–Crippen LogP) is 5.34. The number of carbonyl (C=O) groups excluding carboxylic acids is 6. The van der Waals surface area contributed by atoms with E-state index in [1.54, 1.807) is 24.3 Å². The summed E-state index contributed by atoms with van der Waals surface area (Å²) in [7, 11) is -1.04. The summed E-state index contributed by atoms with van der Waals surface area (Å²) in [4.78, 5) is 78.1. The van der Waals surface area contributed by atoms with E-state index in [1.165, 1.54) is 14.0 Å². The molecule has 16 nitrogen and oxygen atoms in total. The van der Waals surface area contributed by atoms with Crippen molar-refractivity contribution in [1.29, 1.82) is 0 Å². The third kappa shape index (κ3) is 14.2. The molecule has 0 radical (unpaired) electrons. The highest BCUT2D eigenvalue weighted by atomic mass is 32.2. The molecule has 3 aromatic carbocycles. The van der Waals surface area contributed by atoms with Crippen LogP contribution in [-0.4, -0.2) is 84.9 Å². The van der Waals surface area contributed by atoms with Gasteiger partial charge in [-0.2, -0.15) is 0 Å². The number of ether oxygens (including phenoxy) is 6. The SMILES string of the molecule is COc1ccc(SC(=O)C2(OP(OCc3ccccc3)OCc3ccccc3)C[C@H](OC(C)=O)[C@@H](NC(C)=O)[C@H]([C@H](OC(C)=O)[C@@H](COC(C)=O)OC(C)=O)O2)cc1. The van der Waals surface area contributed by atoms with Gasteiger partial charge in [-0.3, -0.25) is 33.3 Å². The first kappa shape index (κ1) is 45.8. The summed E-state index contributed by atoms with van der Waals surface area (Å²) in [5, 5.41) is 1.87. The number of hydrogen-bond acceptors (Lipinski definition) is 16. The molecule has 6 atom stereocenters. The van der Waals surface area contributed by atoms with Crippen LogP contribution >= 0.6 is 20.4 Å². The summed E-state index contributed by atoms with van der Waals surface area (Å²) in [5.74, 6) is -5.93. The van der Waals surface area contributed by atoms with Crippen molar-refractivity contribution < 1.29 is 70.8 Å². The molecule has 3 aromatic rings. The lowest BCUT2D eigenvalue weighted by Gasteiger charge is -2.49. The van der Waals surface area contributed by atoms with Crippen LogP contribution in [0.4, 0.5) is 0 Å². The molecule has 1 amide bonds. The van der Waals surface area contributed by atoms with E-state index in [2.05, 4.69) is 5.32 Å². The third-order valence-electron chi connectivity index (χ3n) is 8.16. The van der Waals surface area contributed by atoms with Crippen LogP contribution in [0, 0.1) is 0 Å². The first-order chi connectivity index (χ1) is 27.7. The van der Waals surface area contributed by atoms with Gasteiger partial charge in [0.2, 0.25) is 5.91 Å². The smallest absolute Gasteiger partial charge is 0.336 e. The molecule has 1 unspecified atom stereocenters. The van der Waals surface area contributed by atoms with Crippen LogP contribution in [-0.2, 0) is 79.2 Å². The van der Waals surface area contributed by atoms with Gasteiger partial charge < -0.3 is 42.8 Å². The number of nitrogens with one attached hydrogen (secondary N) is 1. The highest BCUT2D eigenvalue weighted by Crippen LogP contribution is 2.52. The zero-order chi connectivity index (χ0) is 42.2. The van der Waals surface area contributed by atoms with Crippen molar-refractivity contribution in [3.63, 3.8) is 0 Å². The van der Waals surface area contributed by atoms with Crippen LogP contribution in [0.15, 0.2) is 89.8 Å². The van der Waals surface area contributed by atoms with Crippen LogP contribution in [0.25, 0.3) is 0 Å². The van der Waals surface area contributed by atoms with Gasteiger partial charge in [-0.15, -0.1) is 0 Å². The molecule has 1 heterocycles. The lowest BCUT2D eigenvalue weighted by atomic mass is 9.88. The molecule has 1 aliphatic rings. The van der Waals surface area contributed by atoms with Crippen LogP contribution in [0.3, 0.4) is 0 Å². The standard InChI is InChI=1S/C40H46NO15PS/c1-25(42)41-36-34(52-27(3)44)21-40(39(47)58-33-19-17-32(48-6)18-20-33,55-38(36)37(54-29(5)46)35(53-28(4)45)24-49-26(2)43)56-57(50-22-30-13-9-7-10-14-30)51-23-31-15-11-8-12-16-31/h7-20,34-38H,21-24H2,1-6H3,(H,41,42)/t34-,35+,36+,37+,38+,40?/m0/s1. The Kier molecular flexibility index (Phi) is 17.6. The second-order valence-corrected chi connectivity index (χ2v) is 15.0. The Bertz CT molecular complexity index is 1810. The maximum atomic E-state index is 14.9. The molecule has 0 aromatic heterocycles. The molecular weight excluding hydrogens is 797 g/mol. The Balaban J connectivity index is 1.91. The van der Waals surface area contributed by atoms with Crippen LogP contribution in [0.2, 0.25) is 0 Å². The Morgan fingerprint density at radius 3 is 1.83 bits per heavy atom. The van der Waals surface area contributed by atoms with Gasteiger partial charge in [0, 0.05) is 45.9 Å². The predicted molar refractivity (Wildman–Crippen MR) is 207 cm³/mol. The molecule has 18 heteroatoms. The number of methoxy groups -OCH3 is 1. The first-order valence-corrected chi connectivity index (χ1v) is 19.9. The Morgan fingerprint density at radius 2 is 1.34 bits per heavy atom. The number of rotatable bonds is 19. The van der Waals surface area contributed by atoms with E-state index >= 15 is 0 Å². The number of thioether (sulfide) groups is 1. The van der Waals surface area contributed by atoms with E-state index in [1.807, 2.05) is 60.7 Å². The molecule has 0 saturated carbocycles. The summed E-state index contributed by atoms with van der Waals surface area (Å²) in [6.07, 6.45) is -6.97. The first-order valence-electron chi connectivity index (χ1n) is 18.0. The fourth-order valence-corrected chi connectivity index (χ4v) is 7.78. The lowest BCUT2D eigenvalue weighted by molar-refractivity contribution is -0.279. The van der Waals surface area contributed by atoms with Gasteiger partial charge in [-0.05, 0) is 47.2 Å². The quantitative estimate of drug-likeness (QED) is 0.0702. The molecule has 0 aliphatic carbocycles. The summed E-state index contributed by atoms with van der Waals surface area (Å²) in [6, 6.07) is 23.3. The second-order valence-electron chi connectivity index (χ2n) is 12.8. The highest BCUT2D eigenvalue weighted by molar-refractivity contribution is 8.13. The van der Waals surface area contributed by atoms with Gasteiger partial charge in [-0.1, -0.05) is 60.7 Å². The van der Waals surface area contributed by atoms with Crippen LogP contribution < -0.4 is 10.1 Å². The molecule has 1 fully saturated rings. The van der Waals surface area contributed by atoms with Crippen molar-refractivity contribution in [2.75, 3.05) is 13.7 Å². The van der Waals surface area contributed by atoms with Crippen molar-refractivity contribution >= 4 is 55.3 Å². The van der Waals surface area contributed by atoms with E-state index in [0.717, 1.165) is 38.8 Å². The van der Waals surface area contributed by atoms with Crippen molar-refractivity contribution in [1.82, 2.24) is 5.32 Å². The molecule has 1 aliphatic heterocycles. The molecule has 0 spiro atoms. The van der Waals surface area contributed by atoms with Gasteiger partial charge in [-0.25, -0.2) is 0 Å². The summed E-state index contributed by atoms with van der Waals surface area (Å²) in [5.41, 5.74) is 1.48. The highest BCUT2D eigenvalue weighted by Gasteiger charge is 2.60. The zero-order valence-corrected chi connectivity index (χ0v) is 34.5. The molecule has 312 valence electrons. The zero-order valence-electron chi connectivity index (χ0n) is 32.8. The minimum atomic E-state index is -2.53. The number of hydrogen-bond donors (Lipinski definition) is 1. The van der Waals surface area contributed by atoms with Crippen LogP contribution in [0.5, 0.6) is 5.75 Å². The molecule has 4 rings (SSSR count). The average molecular weight is 844 g/mol. The average Bonchev–Trinajstić information content (AvgIpc) is 3.18. The van der Waals surface area contributed by atoms with Crippen molar-refractivity contribution in [3.05, 3.63) is 96.1 Å². The maximum absolute atomic E-state index is 14.9. The molecule has 1 saturated heterocycles. The number of amides is 1. The minimum absolute atomic E-state index is 0.0322. The summed E-state index contributed by atoms with van der Waals surface area (Å²) in [6.45, 7) is 4.84. The monoisotopic (exact) mass is 843 g/mol. The largest absolute Gasteiger partial charge is 0.497 e. The van der Waals surface area contributed by atoms with Gasteiger partial charge in [0.05, 0.1) is 26.4 Å². The maximum Gasteiger partial charge on any atom is 0.336 e. The molecular formula is C40H46NO15PS. The topological polar surface area (TPSA) is 198 Å². The van der Waals surface area contributed by atoms with E-state index in [4.69, 9.17) is 42.0 Å². The van der Waals surface area contributed by atoms with E-state index < -0.39 is 92.8 Å². The number of esters is 4. The van der Waals surface area contributed by atoms with Gasteiger partial charge in [0.1, 0.15) is 24.6 Å². The Hall–Kier alpha value is -4.90. The van der Waals surface area contributed by atoms with Gasteiger partial charge in [0.25, 0.3) is 10.9 Å². The van der Waals surface area contributed by atoms with E-state index in [9.17, 15) is 28.8 Å². The van der Waals surface area contributed by atoms with E-state index in [0.29, 0.717) is 22.4 Å². The summed E-state index contributed by atoms with van der Waals surface area (Å²) < 4.78 is 53.1. The normalized spacial score (nSPS) is 19.9. The number of benzene rings is 3. The van der Waals surface area contributed by atoms with Crippen molar-refractivity contribution in [2.45, 2.75) is 95.4 Å². The Morgan fingerprint density at radius 1 is 0.776 bits per heavy atom.